The lowest BCUT2D eigenvalue weighted by Crippen LogP contribution is -2.38. The van der Waals surface area contributed by atoms with E-state index in [0.29, 0.717) is 18.0 Å². The van der Waals surface area contributed by atoms with Crippen LogP contribution in [0.1, 0.15) is 12.5 Å². The van der Waals surface area contributed by atoms with Gasteiger partial charge in [-0.25, -0.2) is 0 Å². The second-order valence-corrected chi connectivity index (χ2v) is 4.60. The van der Waals surface area contributed by atoms with Gasteiger partial charge in [-0.05, 0) is 37.7 Å². The Balaban J connectivity index is 2.90. The first-order valence-corrected chi connectivity index (χ1v) is 5.56. The van der Waals surface area contributed by atoms with Crippen LogP contribution in [0.15, 0.2) is 18.2 Å². The van der Waals surface area contributed by atoms with Gasteiger partial charge in [0.25, 0.3) is 0 Å². The molecule has 1 aromatic rings. The molecular formula is C12H18ClNO2. The molecule has 0 saturated carbocycles. The molecule has 1 atom stereocenters. The van der Waals surface area contributed by atoms with Gasteiger partial charge in [-0.1, -0.05) is 11.6 Å². The molecule has 1 aromatic carbocycles. The maximum Gasteiger partial charge on any atom is 0.122 e. The molecule has 0 aliphatic heterocycles. The van der Waals surface area contributed by atoms with E-state index in [1.807, 2.05) is 19.2 Å². The Labute approximate surface area is 101 Å². The summed E-state index contributed by atoms with van der Waals surface area (Å²) in [6, 6.07) is 5.41. The quantitative estimate of drug-likeness (QED) is 0.830. The van der Waals surface area contributed by atoms with Gasteiger partial charge in [-0.2, -0.15) is 0 Å². The van der Waals surface area contributed by atoms with E-state index in [1.54, 1.807) is 20.1 Å². The van der Waals surface area contributed by atoms with Crippen molar-refractivity contribution in [3.8, 4) is 5.75 Å². The number of rotatable bonds is 5. The van der Waals surface area contributed by atoms with E-state index in [1.165, 1.54) is 0 Å². The van der Waals surface area contributed by atoms with Gasteiger partial charge in [-0.3, -0.25) is 0 Å². The van der Waals surface area contributed by atoms with Crippen LogP contribution in [0.4, 0.5) is 0 Å². The second kappa shape index (κ2) is 5.53. The summed E-state index contributed by atoms with van der Waals surface area (Å²) in [5.74, 6) is 0.751. The number of halogens is 1. The first-order valence-electron chi connectivity index (χ1n) is 5.18. The number of hydrogen-bond donors (Lipinski definition) is 2. The van der Waals surface area contributed by atoms with Gasteiger partial charge in [-0.15, -0.1) is 0 Å². The normalized spacial score (nSPS) is 14.6. The van der Waals surface area contributed by atoms with E-state index < -0.39 is 5.60 Å². The van der Waals surface area contributed by atoms with Crippen LogP contribution in [0.2, 0.25) is 5.02 Å². The van der Waals surface area contributed by atoms with Gasteiger partial charge in [0.1, 0.15) is 5.75 Å². The monoisotopic (exact) mass is 243 g/mol. The fraction of sp³-hybridized carbons (Fsp3) is 0.500. The molecular weight excluding hydrogens is 226 g/mol. The van der Waals surface area contributed by atoms with Crippen molar-refractivity contribution >= 4 is 11.6 Å². The second-order valence-electron chi connectivity index (χ2n) is 4.16. The van der Waals surface area contributed by atoms with Crippen LogP contribution in [0.5, 0.6) is 5.75 Å². The third-order valence-electron chi connectivity index (χ3n) is 2.37. The number of nitrogens with one attached hydrogen (secondary N) is 1. The third kappa shape index (κ3) is 3.67. The van der Waals surface area contributed by atoms with Crippen LogP contribution >= 0.6 is 11.6 Å². The summed E-state index contributed by atoms with van der Waals surface area (Å²) < 4.78 is 5.23. The van der Waals surface area contributed by atoms with Crippen molar-refractivity contribution in [3.05, 3.63) is 28.8 Å². The fourth-order valence-corrected chi connectivity index (χ4v) is 1.93. The van der Waals surface area contributed by atoms with E-state index >= 15 is 0 Å². The van der Waals surface area contributed by atoms with Crippen molar-refractivity contribution in [2.45, 2.75) is 18.9 Å². The summed E-state index contributed by atoms with van der Waals surface area (Å²) in [4.78, 5) is 0. The number of likely N-dealkylation sites (N-methyl/N-ethyl adjacent to an activating group) is 1. The van der Waals surface area contributed by atoms with Crippen molar-refractivity contribution < 1.29 is 9.84 Å². The Kier molecular flexibility index (Phi) is 4.59. The molecule has 0 saturated heterocycles. The number of benzene rings is 1. The summed E-state index contributed by atoms with van der Waals surface area (Å²) in [5, 5.41) is 13.7. The molecule has 0 aromatic heterocycles. The number of ether oxygens (including phenoxy) is 1. The Bertz CT molecular complexity index is 353. The van der Waals surface area contributed by atoms with Crippen LogP contribution in [-0.4, -0.2) is 31.4 Å². The molecule has 16 heavy (non-hydrogen) atoms. The minimum absolute atomic E-state index is 0.498. The van der Waals surface area contributed by atoms with E-state index in [9.17, 15) is 5.11 Å². The average Bonchev–Trinajstić information content (AvgIpc) is 2.17. The lowest BCUT2D eigenvalue weighted by molar-refractivity contribution is 0.0616. The van der Waals surface area contributed by atoms with Gasteiger partial charge in [0, 0.05) is 18.0 Å². The van der Waals surface area contributed by atoms with Crippen molar-refractivity contribution in [1.29, 1.82) is 0 Å². The van der Waals surface area contributed by atoms with Gasteiger partial charge in [0.05, 0.1) is 12.7 Å². The standard InChI is InChI=1S/C12H18ClNO2/c1-12(15,8-14-2)7-9-6-10(13)4-5-11(9)16-3/h4-6,14-15H,7-8H2,1-3H3. The first-order chi connectivity index (χ1) is 7.48. The molecule has 0 amide bonds. The first kappa shape index (κ1) is 13.3. The molecule has 0 aliphatic carbocycles. The van der Waals surface area contributed by atoms with Crippen molar-refractivity contribution in [3.63, 3.8) is 0 Å². The highest BCUT2D eigenvalue weighted by molar-refractivity contribution is 6.30. The van der Waals surface area contributed by atoms with E-state index in [0.717, 1.165) is 11.3 Å². The van der Waals surface area contributed by atoms with Gasteiger partial charge >= 0.3 is 0 Å². The summed E-state index contributed by atoms with van der Waals surface area (Å²) in [6.07, 6.45) is 0.498. The zero-order valence-corrected chi connectivity index (χ0v) is 10.6. The highest BCUT2D eigenvalue weighted by Gasteiger charge is 2.21. The van der Waals surface area contributed by atoms with Gasteiger partial charge in [0.2, 0.25) is 0 Å². The van der Waals surface area contributed by atoms with Gasteiger partial charge < -0.3 is 15.2 Å². The summed E-state index contributed by atoms with van der Waals surface area (Å²) in [6.45, 7) is 2.30. The summed E-state index contributed by atoms with van der Waals surface area (Å²) in [5.41, 5.74) is 0.0995. The molecule has 1 unspecified atom stereocenters. The molecule has 90 valence electrons. The van der Waals surface area contributed by atoms with Crippen molar-refractivity contribution in [1.82, 2.24) is 5.32 Å². The Hall–Kier alpha value is -0.770. The van der Waals surface area contributed by atoms with Crippen molar-refractivity contribution in [2.75, 3.05) is 20.7 Å². The number of methoxy groups -OCH3 is 1. The maximum atomic E-state index is 10.1. The lowest BCUT2D eigenvalue weighted by atomic mass is 9.96. The molecule has 0 radical (unpaired) electrons. The zero-order chi connectivity index (χ0) is 12.2. The molecule has 2 N–H and O–H groups in total. The molecule has 0 heterocycles. The Morgan fingerprint density at radius 2 is 2.19 bits per heavy atom. The Morgan fingerprint density at radius 3 is 2.75 bits per heavy atom. The van der Waals surface area contributed by atoms with E-state index in [2.05, 4.69) is 5.32 Å². The number of hydrogen-bond acceptors (Lipinski definition) is 3. The molecule has 0 spiro atoms. The van der Waals surface area contributed by atoms with Crippen LogP contribution < -0.4 is 10.1 Å². The summed E-state index contributed by atoms with van der Waals surface area (Å²) >= 11 is 5.93. The topological polar surface area (TPSA) is 41.5 Å². The van der Waals surface area contributed by atoms with Crippen LogP contribution in [0.25, 0.3) is 0 Å². The van der Waals surface area contributed by atoms with Crippen LogP contribution in [0, 0.1) is 0 Å². The predicted molar refractivity (Wildman–Crippen MR) is 66.3 cm³/mol. The maximum absolute atomic E-state index is 10.1. The largest absolute Gasteiger partial charge is 0.496 e. The highest BCUT2D eigenvalue weighted by Crippen LogP contribution is 2.26. The smallest absolute Gasteiger partial charge is 0.122 e. The average molecular weight is 244 g/mol. The SMILES string of the molecule is CNCC(C)(O)Cc1cc(Cl)ccc1OC. The van der Waals surface area contributed by atoms with E-state index in [4.69, 9.17) is 16.3 Å². The van der Waals surface area contributed by atoms with E-state index in [-0.39, 0.29) is 0 Å². The van der Waals surface area contributed by atoms with Crippen LogP contribution in [-0.2, 0) is 6.42 Å². The lowest BCUT2D eigenvalue weighted by Gasteiger charge is -2.24. The zero-order valence-electron chi connectivity index (χ0n) is 9.88. The minimum atomic E-state index is -0.813. The Morgan fingerprint density at radius 1 is 1.50 bits per heavy atom. The third-order valence-corrected chi connectivity index (χ3v) is 2.61. The summed E-state index contributed by atoms with van der Waals surface area (Å²) in [7, 11) is 3.42. The molecule has 0 fully saturated rings. The van der Waals surface area contributed by atoms with Crippen LogP contribution in [0.3, 0.4) is 0 Å². The fourth-order valence-electron chi connectivity index (χ4n) is 1.74. The highest BCUT2D eigenvalue weighted by atomic mass is 35.5. The van der Waals surface area contributed by atoms with Crippen molar-refractivity contribution in [2.24, 2.45) is 0 Å². The molecule has 0 aliphatic rings. The molecule has 3 nitrogen and oxygen atoms in total. The molecule has 0 bridgehead atoms. The predicted octanol–water partition coefficient (Wildman–Crippen LogP) is 1.86. The minimum Gasteiger partial charge on any atom is -0.496 e. The molecule has 4 heteroatoms. The van der Waals surface area contributed by atoms with Gasteiger partial charge in [0.15, 0.2) is 0 Å². The number of aliphatic hydroxyl groups is 1. The molecule has 1 rings (SSSR count).